The summed E-state index contributed by atoms with van der Waals surface area (Å²) < 4.78 is 0. The van der Waals surface area contributed by atoms with Gasteiger partial charge in [0.2, 0.25) is 11.8 Å². The van der Waals surface area contributed by atoms with Crippen LogP contribution in [0.1, 0.15) is 53.6 Å². The van der Waals surface area contributed by atoms with Crippen LogP contribution in [0, 0.1) is 0 Å². The van der Waals surface area contributed by atoms with E-state index in [9.17, 15) is 14.4 Å². The normalized spacial score (nSPS) is 24.3. The largest absolute Gasteiger partial charge is 0.329 e. The van der Waals surface area contributed by atoms with E-state index in [0.29, 0.717) is 25.1 Å². The Bertz CT molecular complexity index is 767. The molecular formula is C19H24N4O3. The van der Waals surface area contributed by atoms with Crippen molar-refractivity contribution in [1.29, 1.82) is 0 Å². The number of carbonyl (C=O) groups is 3. The van der Waals surface area contributed by atoms with Gasteiger partial charge in [0.25, 0.3) is 5.91 Å². The van der Waals surface area contributed by atoms with Gasteiger partial charge in [0.1, 0.15) is 6.04 Å². The molecule has 138 valence electrons. The first kappa shape index (κ1) is 17.2. The van der Waals surface area contributed by atoms with Crippen LogP contribution in [0.25, 0.3) is 0 Å². The highest BCUT2D eigenvalue weighted by atomic mass is 16.2. The molecule has 4 N–H and O–H groups in total. The van der Waals surface area contributed by atoms with Gasteiger partial charge in [-0.15, -0.1) is 0 Å². The summed E-state index contributed by atoms with van der Waals surface area (Å²) in [4.78, 5) is 37.7. The van der Waals surface area contributed by atoms with Crippen LogP contribution in [0.2, 0.25) is 0 Å². The van der Waals surface area contributed by atoms with Gasteiger partial charge in [0, 0.05) is 37.2 Å². The van der Waals surface area contributed by atoms with Gasteiger partial charge in [0.15, 0.2) is 0 Å². The molecule has 3 amide bonds. The molecule has 1 atom stereocenters. The molecule has 7 heteroatoms. The summed E-state index contributed by atoms with van der Waals surface area (Å²) in [6.07, 6.45) is 4.08. The van der Waals surface area contributed by atoms with Crippen LogP contribution < -0.4 is 16.4 Å². The number of nitrogens with zero attached hydrogens (tertiary/aromatic N) is 1. The van der Waals surface area contributed by atoms with E-state index < -0.39 is 6.04 Å². The third-order valence-electron chi connectivity index (χ3n) is 5.96. The number of nitrogens with one attached hydrogen (secondary N) is 2. The van der Waals surface area contributed by atoms with Crippen LogP contribution in [-0.4, -0.2) is 40.7 Å². The van der Waals surface area contributed by atoms with Crippen molar-refractivity contribution in [3.8, 4) is 0 Å². The zero-order valence-electron chi connectivity index (χ0n) is 14.7. The van der Waals surface area contributed by atoms with Gasteiger partial charge in [0.05, 0.1) is 0 Å². The first-order chi connectivity index (χ1) is 12.5. The van der Waals surface area contributed by atoms with E-state index in [-0.39, 0.29) is 29.7 Å². The highest BCUT2D eigenvalue weighted by Gasteiger charge is 2.39. The molecule has 0 aromatic heterocycles. The smallest absolute Gasteiger partial charge is 0.255 e. The highest BCUT2D eigenvalue weighted by Crippen LogP contribution is 2.32. The van der Waals surface area contributed by atoms with Gasteiger partial charge >= 0.3 is 0 Å². The van der Waals surface area contributed by atoms with Crippen molar-refractivity contribution in [1.82, 2.24) is 15.5 Å². The quantitative estimate of drug-likeness (QED) is 0.663. The Labute approximate surface area is 152 Å². The van der Waals surface area contributed by atoms with Crippen molar-refractivity contribution < 1.29 is 14.4 Å². The van der Waals surface area contributed by atoms with Gasteiger partial charge in [-0.3, -0.25) is 19.7 Å². The number of fused-ring (bicyclic) bond motifs is 1. The second kappa shape index (κ2) is 6.48. The first-order valence-corrected chi connectivity index (χ1v) is 9.23. The topological polar surface area (TPSA) is 105 Å². The van der Waals surface area contributed by atoms with Crippen LogP contribution in [0.15, 0.2) is 18.2 Å². The Kier molecular flexibility index (Phi) is 4.28. The minimum absolute atomic E-state index is 0.0631. The summed E-state index contributed by atoms with van der Waals surface area (Å²) in [6.45, 7) is 1.77. The lowest BCUT2D eigenvalue weighted by molar-refractivity contribution is -0.136. The molecule has 0 bridgehead atoms. The van der Waals surface area contributed by atoms with E-state index in [1.807, 2.05) is 18.2 Å². The number of hydrogen-bond donors (Lipinski definition) is 3. The molecule has 2 heterocycles. The molecule has 2 fully saturated rings. The van der Waals surface area contributed by atoms with Crippen molar-refractivity contribution in [2.45, 2.75) is 56.8 Å². The van der Waals surface area contributed by atoms with Crippen molar-refractivity contribution in [2.24, 2.45) is 5.73 Å². The Balaban J connectivity index is 1.46. The zero-order chi connectivity index (χ0) is 18.3. The number of rotatable bonds is 5. The molecule has 0 radical (unpaired) electrons. The Hall–Kier alpha value is -2.25. The summed E-state index contributed by atoms with van der Waals surface area (Å²) in [5, 5.41) is 5.89. The summed E-state index contributed by atoms with van der Waals surface area (Å²) in [7, 11) is 0. The maximum absolute atomic E-state index is 12.7. The predicted molar refractivity (Wildman–Crippen MR) is 95.0 cm³/mol. The minimum Gasteiger partial charge on any atom is -0.329 e. The monoisotopic (exact) mass is 356 g/mol. The Morgan fingerprint density at radius 2 is 2.08 bits per heavy atom. The van der Waals surface area contributed by atoms with Gasteiger partial charge in [-0.25, -0.2) is 0 Å². The predicted octanol–water partition coefficient (Wildman–Crippen LogP) is 0.419. The molecule has 3 aliphatic rings. The average Bonchev–Trinajstić information content (AvgIpc) is 2.90. The molecule has 1 aromatic carbocycles. The summed E-state index contributed by atoms with van der Waals surface area (Å²) in [6, 6.07) is 5.27. The van der Waals surface area contributed by atoms with Gasteiger partial charge in [-0.05, 0) is 42.9 Å². The van der Waals surface area contributed by atoms with E-state index in [2.05, 4.69) is 10.6 Å². The second-order valence-corrected chi connectivity index (χ2v) is 7.58. The summed E-state index contributed by atoms with van der Waals surface area (Å²) in [5.41, 5.74) is 8.65. The maximum atomic E-state index is 12.7. The molecule has 1 saturated carbocycles. The van der Waals surface area contributed by atoms with Crippen molar-refractivity contribution >= 4 is 17.7 Å². The van der Waals surface area contributed by atoms with E-state index in [4.69, 9.17) is 5.73 Å². The van der Waals surface area contributed by atoms with Crippen LogP contribution in [0.4, 0.5) is 0 Å². The molecule has 1 unspecified atom stereocenters. The molecule has 2 aliphatic heterocycles. The third kappa shape index (κ3) is 2.91. The summed E-state index contributed by atoms with van der Waals surface area (Å²) in [5.74, 6) is -0.779. The number of piperidine rings is 1. The fraction of sp³-hybridized carbons (Fsp3) is 0.526. The number of amides is 3. The van der Waals surface area contributed by atoms with E-state index in [1.54, 1.807) is 4.90 Å². The molecule has 4 rings (SSSR count). The average molecular weight is 356 g/mol. The Morgan fingerprint density at radius 3 is 2.73 bits per heavy atom. The third-order valence-corrected chi connectivity index (χ3v) is 5.96. The number of imide groups is 1. The van der Waals surface area contributed by atoms with Crippen molar-refractivity contribution in [2.75, 3.05) is 6.54 Å². The van der Waals surface area contributed by atoms with Gasteiger partial charge in [-0.2, -0.15) is 0 Å². The van der Waals surface area contributed by atoms with Crippen LogP contribution in [-0.2, 0) is 22.7 Å². The van der Waals surface area contributed by atoms with Crippen LogP contribution in [0.3, 0.4) is 0 Å². The lowest BCUT2D eigenvalue weighted by atomic mass is 9.76. The van der Waals surface area contributed by atoms with Crippen LogP contribution >= 0.6 is 0 Å². The SMILES string of the molecule is NCC1(NCc2ccc3c(c2)CN(C2CCC(=O)NC2=O)C3=O)CCC1. The van der Waals surface area contributed by atoms with E-state index >= 15 is 0 Å². The minimum atomic E-state index is -0.565. The van der Waals surface area contributed by atoms with E-state index in [0.717, 1.165) is 30.5 Å². The molecule has 1 saturated heterocycles. The first-order valence-electron chi connectivity index (χ1n) is 9.23. The molecular weight excluding hydrogens is 332 g/mol. The van der Waals surface area contributed by atoms with Crippen molar-refractivity contribution in [3.63, 3.8) is 0 Å². The molecule has 26 heavy (non-hydrogen) atoms. The number of benzene rings is 1. The molecule has 0 spiro atoms. The number of nitrogens with two attached hydrogens (primary N) is 1. The van der Waals surface area contributed by atoms with Crippen LogP contribution in [0.5, 0.6) is 0 Å². The lowest BCUT2D eigenvalue weighted by Gasteiger charge is -2.42. The van der Waals surface area contributed by atoms with Crippen molar-refractivity contribution in [3.05, 3.63) is 34.9 Å². The summed E-state index contributed by atoms with van der Waals surface area (Å²) >= 11 is 0. The molecule has 7 nitrogen and oxygen atoms in total. The maximum Gasteiger partial charge on any atom is 0.255 e. The second-order valence-electron chi connectivity index (χ2n) is 7.58. The highest BCUT2D eigenvalue weighted by molar-refractivity contribution is 6.05. The Morgan fingerprint density at radius 1 is 1.27 bits per heavy atom. The number of carbonyl (C=O) groups excluding carboxylic acids is 3. The molecule has 1 aromatic rings. The standard InChI is InChI=1S/C19H24N4O3/c20-11-19(6-1-7-19)21-9-12-2-3-14-13(8-12)10-23(18(14)26)15-4-5-16(24)22-17(15)25/h2-3,8,15,21H,1,4-7,9-11,20H2,(H,22,24,25). The fourth-order valence-corrected chi connectivity index (χ4v) is 4.08. The van der Waals surface area contributed by atoms with Gasteiger partial charge < -0.3 is 16.0 Å². The lowest BCUT2D eigenvalue weighted by Crippen LogP contribution is -2.55. The van der Waals surface area contributed by atoms with Gasteiger partial charge in [-0.1, -0.05) is 12.1 Å². The number of hydrogen-bond acceptors (Lipinski definition) is 5. The van der Waals surface area contributed by atoms with E-state index in [1.165, 1.54) is 6.42 Å². The molecule has 1 aliphatic carbocycles. The zero-order valence-corrected chi connectivity index (χ0v) is 14.7. The fourth-order valence-electron chi connectivity index (χ4n) is 4.08.